The summed E-state index contributed by atoms with van der Waals surface area (Å²) < 4.78 is 0. The Labute approximate surface area is 71.9 Å². The summed E-state index contributed by atoms with van der Waals surface area (Å²) in [6.45, 7) is 3.78. The fourth-order valence-corrected chi connectivity index (χ4v) is 1.42. The molecule has 1 rings (SSSR count). The van der Waals surface area contributed by atoms with Gasteiger partial charge in [-0.05, 0) is 12.5 Å². The molecule has 4 nitrogen and oxygen atoms in total. The van der Waals surface area contributed by atoms with Crippen LogP contribution in [0.1, 0.15) is 6.92 Å². The van der Waals surface area contributed by atoms with Crippen LogP contribution in [0.2, 0.25) is 0 Å². The van der Waals surface area contributed by atoms with E-state index >= 15 is 0 Å². The second-order valence-corrected chi connectivity index (χ2v) is 3.12. The van der Waals surface area contributed by atoms with Gasteiger partial charge in [-0.3, -0.25) is 4.79 Å². The van der Waals surface area contributed by atoms with Crippen LogP contribution in [-0.4, -0.2) is 25.5 Å². The minimum Gasteiger partial charge on any atom is -0.343 e. The van der Waals surface area contributed by atoms with Crippen LogP contribution in [-0.2, 0) is 4.79 Å². The molecule has 0 spiro atoms. The summed E-state index contributed by atoms with van der Waals surface area (Å²) in [5.41, 5.74) is 0. The molecular weight excluding hydrogens is 154 g/mol. The summed E-state index contributed by atoms with van der Waals surface area (Å²) in [5.74, 6) is 0.413. The molecule has 66 valence electrons. The Hall–Kier alpha value is -1.08. The minimum atomic E-state index is -0.00551. The van der Waals surface area contributed by atoms with Crippen molar-refractivity contribution in [1.29, 1.82) is 5.26 Å². The molecule has 0 aromatic heterocycles. The summed E-state index contributed by atoms with van der Waals surface area (Å²) >= 11 is 0. The topological polar surface area (TPSA) is 64.9 Å². The third-order valence-corrected chi connectivity index (χ3v) is 2.20. The first-order valence-electron chi connectivity index (χ1n) is 4.11. The molecule has 12 heavy (non-hydrogen) atoms. The molecule has 0 aromatic carbocycles. The number of nitrogens with zero attached hydrogens (tertiary/aromatic N) is 1. The van der Waals surface area contributed by atoms with Crippen molar-refractivity contribution in [2.45, 2.75) is 6.92 Å². The Morgan fingerprint density at radius 3 is 3.00 bits per heavy atom. The van der Waals surface area contributed by atoms with E-state index in [0.717, 1.165) is 13.1 Å². The van der Waals surface area contributed by atoms with Crippen LogP contribution < -0.4 is 10.6 Å². The highest BCUT2D eigenvalue weighted by Crippen LogP contribution is 2.15. The summed E-state index contributed by atoms with van der Waals surface area (Å²) in [6, 6.07) is 1.88. The van der Waals surface area contributed by atoms with Crippen LogP contribution in [0.15, 0.2) is 0 Å². The molecule has 1 heterocycles. The van der Waals surface area contributed by atoms with Crippen molar-refractivity contribution in [3.05, 3.63) is 0 Å². The molecule has 0 bridgehead atoms. The average molecular weight is 167 g/mol. The predicted molar refractivity (Wildman–Crippen MR) is 44.1 cm³/mol. The first-order chi connectivity index (χ1) is 5.75. The zero-order valence-electron chi connectivity index (χ0n) is 7.13. The molecule has 2 N–H and O–H groups in total. The third kappa shape index (κ3) is 1.95. The number of nitriles is 1. The van der Waals surface area contributed by atoms with Crippen molar-refractivity contribution in [3.63, 3.8) is 0 Å². The SMILES string of the molecule is C[C@@H]1CNC[C@H]1C(=O)NCC#N. The van der Waals surface area contributed by atoms with E-state index < -0.39 is 0 Å². The van der Waals surface area contributed by atoms with Crippen LogP contribution in [0, 0.1) is 23.2 Å². The third-order valence-electron chi connectivity index (χ3n) is 2.20. The van der Waals surface area contributed by atoms with Gasteiger partial charge in [-0.1, -0.05) is 6.92 Å². The van der Waals surface area contributed by atoms with Crippen LogP contribution in [0.5, 0.6) is 0 Å². The molecule has 1 aliphatic heterocycles. The summed E-state index contributed by atoms with van der Waals surface area (Å²) in [7, 11) is 0. The Kier molecular flexibility index (Phi) is 3.06. The number of carbonyl (C=O) groups excluding carboxylic acids is 1. The van der Waals surface area contributed by atoms with Gasteiger partial charge in [0.2, 0.25) is 5.91 Å². The summed E-state index contributed by atoms with van der Waals surface area (Å²) in [6.07, 6.45) is 0. The van der Waals surface area contributed by atoms with Gasteiger partial charge in [0.15, 0.2) is 0 Å². The Morgan fingerprint density at radius 1 is 1.75 bits per heavy atom. The van der Waals surface area contributed by atoms with E-state index in [2.05, 4.69) is 10.6 Å². The van der Waals surface area contributed by atoms with Gasteiger partial charge in [0.1, 0.15) is 6.54 Å². The van der Waals surface area contributed by atoms with Crippen molar-refractivity contribution in [2.75, 3.05) is 19.6 Å². The highest BCUT2D eigenvalue weighted by molar-refractivity contribution is 5.79. The van der Waals surface area contributed by atoms with Crippen LogP contribution in [0.3, 0.4) is 0 Å². The zero-order valence-corrected chi connectivity index (χ0v) is 7.13. The van der Waals surface area contributed by atoms with Crippen molar-refractivity contribution < 1.29 is 4.79 Å². The largest absolute Gasteiger partial charge is 0.343 e. The van der Waals surface area contributed by atoms with E-state index in [1.807, 2.05) is 13.0 Å². The van der Waals surface area contributed by atoms with Crippen molar-refractivity contribution in [1.82, 2.24) is 10.6 Å². The molecule has 0 saturated carbocycles. The van der Waals surface area contributed by atoms with Gasteiger partial charge in [-0.25, -0.2) is 0 Å². The first kappa shape index (κ1) is 9.01. The second kappa shape index (κ2) is 4.07. The molecule has 0 aromatic rings. The van der Waals surface area contributed by atoms with Gasteiger partial charge in [-0.15, -0.1) is 0 Å². The van der Waals surface area contributed by atoms with Gasteiger partial charge in [-0.2, -0.15) is 5.26 Å². The van der Waals surface area contributed by atoms with Gasteiger partial charge >= 0.3 is 0 Å². The number of hydrogen-bond donors (Lipinski definition) is 2. The minimum absolute atomic E-state index is 0.00551. The Balaban J connectivity index is 2.37. The number of carbonyl (C=O) groups is 1. The fraction of sp³-hybridized carbons (Fsp3) is 0.750. The van der Waals surface area contributed by atoms with Gasteiger partial charge in [0.25, 0.3) is 0 Å². The maximum absolute atomic E-state index is 11.3. The van der Waals surface area contributed by atoms with E-state index in [9.17, 15) is 4.79 Å². The molecule has 1 amide bonds. The van der Waals surface area contributed by atoms with E-state index in [0.29, 0.717) is 5.92 Å². The van der Waals surface area contributed by atoms with Crippen LogP contribution in [0.25, 0.3) is 0 Å². The Morgan fingerprint density at radius 2 is 2.50 bits per heavy atom. The molecule has 1 aliphatic rings. The van der Waals surface area contributed by atoms with E-state index in [1.165, 1.54) is 0 Å². The van der Waals surface area contributed by atoms with Gasteiger partial charge in [0.05, 0.1) is 12.0 Å². The Bertz CT molecular complexity index is 209. The molecule has 2 atom stereocenters. The van der Waals surface area contributed by atoms with E-state index in [1.54, 1.807) is 0 Å². The molecule has 0 aliphatic carbocycles. The van der Waals surface area contributed by atoms with Gasteiger partial charge in [0, 0.05) is 6.54 Å². The number of hydrogen-bond acceptors (Lipinski definition) is 3. The summed E-state index contributed by atoms with van der Waals surface area (Å²) in [4.78, 5) is 11.3. The van der Waals surface area contributed by atoms with Crippen LogP contribution >= 0.6 is 0 Å². The first-order valence-corrected chi connectivity index (χ1v) is 4.11. The zero-order chi connectivity index (χ0) is 8.97. The lowest BCUT2D eigenvalue weighted by Gasteiger charge is -2.11. The second-order valence-electron chi connectivity index (χ2n) is 3.12. The van der Waals surface area contributed by atoms with Crippen molar-refractivity contribution in [3.8, 4) is 6.07 Å². The highest BCUT2D eigenvalue weighted by Gasteiger charge is 2.28. The quantitative estimate of drug-likeness (QED) is 0.544. The molecular formula is C8H13N3O. The lowest BCUT2D eigenvalue weighted by atomic mass is 9.97. The van der Waals surface area contributed by atoms with E-state index in [-0.39, 0.29) is 18.4 Å². The maximum atomic E-state index is 11.3. The smallest absolute Gasteiger partial charge is 0.225 e. The molecule has 4 heteroatoms. The van der Waals surface area contributed by atoms with Crippen LogP contribution in [0.4, 0.5) is 0 Å². The normalized spacial score (nSPS) is 28.0. The molecule has 0 radical (unpaired) electrons. The van der Waals surface area contributed by atoms with Crippen molar-refractivity contribution in [2.24, 2.45) is 11.8 Å². The lowest BCUT2D eigenvalue weighted by molar-refractivity contribution is -0.125. The average Bonchev–Trinajstić information content (AvgIpc) is 2.47. The predicted octanol–water partition coefficient (Wildman–Crippen LogP) is -0.518. The summed E-state index contributed by atoms with van der Waals surface area (Å²) in [5, 5.41) is 13.9. The fourth-order valence-electron chi connectivity index (χ4n) is 1.42. The lowest BCUT2D eigenvalue weighted by Crippen LogP contribution is -2.34. The molecule has 0 unspecified atom stereocenters. The number of amides is 1. The molecule has 1 saturated heterocycles. The van der Waals surface area contributed by atoms with Gasteiger partial charge < -0.3 is 10.6 Å². The highest BCUT2D eigenvalue weighted by atomic mass is 16.1. The van der Waals surface area contributed by atoms with E-state index in [4.69, 9.17) is 5.26 Å². The maximum Gasteiger partial charge on any atom is 0.225 e. The standard InChI is InChI=1S/C8H13N3O/c1-6-4-10-5-7(6)8(12)11-3-2-9/h6-7,10H,3-5H2,1H3,(H,11,12)/t6-,7-/m1/s1. The molecule has 1 fully saturated rings. The monoisotopic (exact) mass is 167 g/mol. The van der Waals surface area contributed by atoms with Crippen molar-refractivity contribution >= 4 is 5.91 Å². The number of rotatable bonds is 2. The number of nitrogens with one attached hydrogen (secondary N) is 2.